The van der Waals surface area contributed by atoms with Crippen molar-refractivity contribution in [2.24, 2.45) is 0 Å². The summed E-state index contributed by atoms with van der Waals surface area (Å²) in [6.45, 7) is 6.36. The van der Waals surface area contributed by atoms with Crippen molar-refractivity contribution in [3.05, 3.63) is 47.8 Å². The van der Waals surface area contributed by atoms with Crippen LogP contribution in [0.2, 0.25) is 0 Å². The van der Waals surface area contributed by atoms with Gasteiger partial charge in [-0.15, -0.1) is 11.3 Å². The van der Waals surface area contributed by atoms with E-state index in [1.807, 2.05) is 23.1 Å². The van der Waals surface area contributed by atoms with E-state index in [-0.39, 0.29) is 17.9 Å². The lowest BCUT2D eigenvalue weighted by molar-refractivity contribution is -0.124. The minimum atomic E-state index is -0.324. The Balaban J connectivity index is 1.63. The summed E-state index contributed by atoms with van der Waals surface area (Å²) in [5.41, 5.74) is 0.794. The maximum Gasteiger partial charge on any atom is 0.243 e. The van der Waals surface area contributed by atoms with Crippen molar-refractivity contribution in [1.29, 1.82) is 0 Å². The fourth-order valence-corrected chi connectivity index (χ4v) is 3.22. The van der Waals surface area contributed by atoms with Crippen LogP contribution in [-0.2, 0) is 11.3 Å². The van der Waals surface area contributed by atoms with Crippen molar-refractivity contribution < 1.29 is 4.79 Å². The molecule has 3 aromatic rings. The Labute approximate surface area is 150 Å². The lowest BCUT2D eigenvalue weighted by Crippen LogP contribution is -2.31. The highest BCUT2D eigenvalue weighted by atomic mass is 32.1. The Morgan fingerprint density at radius 1 is 1.20 bits per heavy atom. The molecule has 25 heavy (non-hydrogen) atoms. The minimum Gasteiger partial charge on any atom is -0.349 e. The van der Waals surface area contributed by atoms with Crippen LogP contribution in [0.25, 0.3) is 10.8 Å². The van der Waals surface area contributed by atoms with Crippen LogP contribution in [0.1, 0.15) is 44.2 Å². The summed E-state index contributed by atoms with van der Waals surface area (Å²) < 4.78 is 1.91. The molecule has 0 spiro atoms. The fourth-order valence-electron chi connectivity index (χ4n) is 2.45. The second kappa shape index (κ2) is 7.52. The van der Waals surface area contributed by atoms with E-state index in [0.717, 1.165) is 16.5 Å². The molecule has 0 saturated carbocycles. The van der Waals surface area contributed by atoms with Crippen molar-refractivity contribution >= 4 is 17.2 Å². The zero-order chi connectivity index (χ0) is 17.8. The van der Waals surface area contributed by atoms with Crippen molar-refractivity contribution in [2.45, 2.75) is 39.3 Å². The topological polar surface area (TPSA) is 85.6 Å². The molecule has 7 nitrogen and oxygen atoms in total. The minimum absolute atomic E-state index is 0.0644. The van der Waals surface area contributed by atoms with Crippen LogP contribution in [0.5, 0.6) is 0 Å². The Bertz CT molecular complexity index is 842. The summed E-state index contributed by atoms with van der Waals surface area (Å²) >= 11 is 1.46. The predicted octanol–water partition coefficient (Wildman–Crippen LogP) is 2.80. The van der Waals surface area contributed by atoms with Crippen LogP contribution in [-0.4, -0.2) is 30.4 Å². The molecule has 8 heteroatoms. The first-order valence-corrected chi connectivity index (χ1v) is 8.96. The molecule has 1 N–H and O–H groups in total. The van der Waals surface area contributed by atoms with Crippen LogP contribution in [0.4, 0.5) is 0 Å². The first-order valence-electron chi connectivity index (χ1n) is 8.08. The maximum atomic E-state index is 12.5. The van der Waals surface area contributed by atoms with Gasteiger partial charge in [-0.3, -0.25) is 4.79 Å². The van der Waals surface area contributed by atoms with Gasteiger partial charge >= 0.3 is 0 Å². The summed E-state index contributed by atoms with van der Waals surface area (Å²) in [6, 6.07) is 1.44. The highest BCUT2D eigenvalue weighted by Crippen LogP contribution is 2.20. The number of rotatable bonds is 6. The van der Waals surface area contributed by atoms with E-state index in [9.17, 15) is 4.79 Å². The van der Waals surface area contributed by atoms with E-state index in [1.165, 1.54) is 11.3 Å². The normalized spacial score (nSPS) is 12.3. The van der Waals surface area contributed by atoms with Crippen LogP contribution in [0, 0.1) is 0 Å². The number of carbonyl (C=O) groups excluding carboxylic acids is 1. The van der Waals surface area contributed by atoms with Crippen LogP contribution in [0.15, 0.2) is 36.2 Å². The average Bonchev–Trinajstić information content (AvgIpc) is 3.29. The van der Waals surface area contributed by atoms with Crippen molar-refractivity contribution in [1.82, 2.24) is 29.8 Å². The summed E-state index contributed by atoms with van der Waals surface area (Å²) in [4.78, 5) is 29.6. The zero-order valence-electron chi connectivity index (χ0n) is 14.4. The van der Waals surface area contributed by atoms with Gasteiger partial charge in [-0.05, 0) is 13.0 Å². The smallest absolute Gasteiger partial charge is 0.243 e. The standard InChI is InChI=1S/C17H20N6OS/c1-11(2)15-20-7-8-23(15)12(3)16(24)21-9-13-10-25-17(22-13)14-18-5-4-6-19-14/h4-8,10-12H,9H2,1-3H3,(H,21,24)/t12-/m0/s1. The molecule has 1 amide bonds. The number of aromatic nitrogens is 5. The molecule has 0 aliphatic rings. The molecule has 0 aliphatic heterocycles. The van der Waals surface area contributed by atoms with Crippen molar-refractivity contribution in [2.75, 3.05) is 0 Å². The monoisotopic (exact) mass is 356 g/mol. The van der Waals surface area contributed by atoms with Gasteiger partial charge in [0, 0.05) is 36.1 Å². The highest BCUT2D eigenvalue weighted by molar-refractivity contribution is 7.13. The molecule has 130 valence electrons. The average molecular weight is 356 g/mol. The van der Waals surface area contributed by atoms with E-state index < -0.39 is 0 Å². The van der Waals surface area contributed by atoms with E-state index >= 15 is 0 Å². The van der Waals surface area contributed by atoms with Gasteiger partial charge in [-0.1, -0.05) is 13.8 Å². The van der Waals surface area contributed by atoms with Gasteiger partial charge in [0.25, 0.3) is 0 Å². The predicted molar refractivity (Wildman–Crippen MR) is 96.0 cm³/mol. The van der Waals surface area contributed by atoms with E-state index in [0.29, 0.717) is 12.4 Å². The number of hydrogen-bond acceptors (Lipinski definition) is 6. The van der Waals surface area contributed by atoms with Gasteiger partial charge in [0.05, 0.1) is 12.2 Å². The summed E-state index contributed by atoms with van der Waals surface area (Å²) in [6.07, 6.45) is 6.94. The number of thiazole rings is 1. The quantitative estimate of drug-likeness (QED) is 0.734. The Kier molecular flexibility index (Phi) is 5.18. The molecule has 0 aromatic carbocycles. The van der Waals surface area contributed by atoms with Crippen LogP contribution in [0.3, 0.4) is 0 Å². The first-order chi connectivity index (χ1) is 12.1. The molecule has 0 aliphatic carbocycles. The molecule has 0 radical (unpaired) electrons. The Hall–Kier alpha value is -2.61. The van der Waals surface area contributed by atoms with Gasteiger partial charge in [-0.25, -0.2) is 19.9 Å². The number of nitrogens with one attached hydrogen (secondary N) is 1. The highest BCUT2D eigenvalue weighted by Gasteiger charge is 2.19. The third-order valence-corrected chi connectivity index (χ3v) is 4.65. The molecule has 1 atom stereocenters. The molecule has 0 saturated heterocycles. The molecule has 0 fully saturated rings. The first kappa shape index (κ1) is 17.2. The molecule has 0 bridgehead atoms. The van der Waals surface area contributed by atoms with Crippen LogP contribution < -0.4 is 5.32 Å². The number of carbonyl (C=O) groups is 1. The molecular formula is C17H20N6OS. The molecule has 3 rings (SSSR count). The summed E-state index contributed by atoms with van der Waals surface area (Å²) in [5.74, 6) is 1.70. The molecular weight excluding hydrogens is 336 g/mol. The largest absolute Gasteiger partial charge is 0.349 e. The molecule has 3 aromatic heterocycles. The third kappa shape index (κ3) is 3.90. The van der Waals surface area contributed by atoms with Gasteiger partial charge in [0.1, 0.15) is 11.9 Å². The number of imidazole rings is 1. The van der Waals surface area contributed by atoms with Gasteiger partial charge < -0.3 is 9.88 Å². The third-order valence-electron chi connectivity index (χ3n) is 3.76. The number of nitrogens with zero attached hydrogens (tertiary/aromatic N) is 5. The zero-order valence-corrected chi connectivity index (χ0v) is 15.2. The summed E-state index contributed by atoms with van der Waals surface area (Å²) in [7, 11) is 0. The summed E-state index contributed by atoms with van der Waals surface area (Å²) in [5, 5.41) is 5.59. The molecule has 0 unspecified atom stereocenters. The lowest BCUT2D eigenvalue weighted by atomic mass is 10.2. The van der Waals surface area contributed by atoms with Gasteiger partial charge in [0.2, 0.25) is 5.91 Å². The Morgan fingerprint density at radius 2 is 1.96 bits per heavy atom. The van der Waals surface area contributed by atoms with Gasteiger partial charge in [0.15, 0.2) is 10.8 Å². The second-order valence-electron chi connectivity index (χ2n) is 5.96. The van der Waals surface area contributed by atoms with Gasteiger partial charge in [-0.2, -0.15) is 0 Å². The second-order valence-corrected chi connectivity index (χ2v) is 6.82. The van der Waals surface area contributed by atoms with E-state index in [1.54, 1.807) is 24.7 Å². The van der Waals surface area contributed by atoms with Crippen molar-refractivity contribution in [3.8, 4) is 10.8 Å². The van der Waals surface area contributed by atoms with E-state index in [4.69, 9.17) is 0 Å². The molecule has 3 heterocycles. The number of hydrogen-bond donors (Lipinski definition) is 1. The SMILES string of the molecule is CC(C)c1nccn1[C@@H](C)C(=O)NCc1csc(-c2ncccn2)n1. The lowest BCUT2D eigenvalue weighted by Gasteiger charge is -2.17. The number of amides is 1. The van der Waals surface area contributed by atoms with Crippen molar-refractivity contribution in [3.63, 3.8) is 0 Å². The fraction of sp³-hybridized carbons (Fsp3) is 0.353. The van der Waals surface area contributed by atoms with Crippen LogP contribution >= 0.6 is 11.3 Å². The maximum absolute atomic E-state index is 12.5. The Morgan fingerprint density at radius 3 is 2.68 bits per heavy atom. The van der Waals surface area contributed by atoms with E-state index in [2.05, 4.69) is 39.1 Å².